The second kappa shape index (κ2) is 7.18. The van der Waals surface area contributed by atoms with Crippen LogP contribution in [0.25, 0.3) is 0 Å². The van der Waals surface area contributed by atoms with Crippen LogP contribution in [0, 0.1) is 0 Å². The maximum Gasteiger partial charge on any atom is 0.244 e. The molecule has 0 spiro atoms. The van der Waals surface area contributed by atoms with Gasteiger partial charge in [0.15, 0.2) is 0 Å². The number of nitrogens with two attached hydrogens (primary N) is 1. The van der Waals surface area contributed by atoms with Crippen LogP contribution >= 0.6 is 0 Å². The fourth-order valence-electron chi connectivity index (χ4n) is 3.25. The van der Waals surface area contributed by atoms with Crippen LogP contribution < -0.4 is 5.73 Å². The van der Waals surface area contributed by atoms with Crippen molar-refractivity contribution in [1.29, 1.82) is 0 Å². The maximum absolute atomic E-state index is 11.8. The number of hydrogen-bond acceptors (Lipinski definition) is 1. The van der Waals surface area contributed by atoms with E-state index in [4.69, 9.17) is 5.73 Å². The highest BCUT2D eigenvalue weighted by Crippen LogP contribution is 2.41. The number of hydrogen-bond donors (Lipinski definition) is 1. The number of allylic oxidation sites excluding steroid dienone is 1. The van der Waals surface area contributed by atoms with Crippen LogP contribution in [0.2, 0.25) is 0 Å². The lowest BCUT2D eigenvalue weighted by Crippen LogP contribution is -2.29. The van der Waals surface area contributed by atoms with Gasteiger partial charge in [0, 0.05) is 5.57 Å². The second-order valence-electron chi connectivity index (χ2n) is 6.10. The molecule has 0 aliphatic carbocycles. The van der Waals surface area contributed by atoms with Gasteiger partial charge in [0.2, 0.25) is 5.91 Å². The summed E-state index contributed by atoms with van der Waals surface area (Å²) in [7, 11) is 0. The zero-order chi connectivity index (χ0) is 17.7. The predicted octanol–water partition coefficient (Wildman–Crippen LogP) is 4.45. The SMILES string of the molecule is CC(=CC(c1ccccc1)(c1ccccc1)c1ccccc1)C(N)=O. The van der Waals surface area contributed by atoms with Gasteiger partial charge < -0.3 is 5.73 Å². The topological polar surface area (TPSA) is 43.1 Å². The van der Waals surface area contributed by atoms with Crippen molar-refractivity contribution in [2.75, 3.05) is 0 Å². The van der Waals surface area contributed by atoms with E-state index in [2.05, 4.69) is 36.4 Å². The van der Waals surface area contributed by atoms with Crippen molar-refractivity contribution in [2.24, 2.45) is 5.73 Å². The monoisotopic (exact) mass is 327 g/mol. The van der Waals surface area contributed by atoms with Crippen LogP contribution in [-0.2, 0) is 10.2 Å². The number of rotatable bonds is 5. The van der Waals surface area contributed by atoms with E-state index in [1.54, 1.807) is 6.92 Å². The number of primary amides is 1. The molecule has 0 atom stereocenters. The third-order valence-electron chi connectivity index (χ3n) is 4.51. The van der Waals surface area contributed by atoms with Crippen molar-refractivity contribution in [3.8, 4) is 0 Å². The van der Waals surface area contributed by atoms with Crippen molar-refractivity contribution in [1.82, 2.24) is 0 Å². The lowest BCUT2D eigenvalue weighted by Gasteiger charge is -2.33. The third-order valence-corrected chi connectivity index (χ3v) is 4.51. The van der Waals surface area contributed by atoms with Crippen LogP contribution in [0.3, 0.4) is 0 Å². The summed E-state index contributed by atoms with van der Waals surface area (Å²) in [6.07, 6.45) is 1.98. The van der Waals surface area contributed by atoms with Crippen molar-refractivity contribution in [3.63, 3.8) is 0 Å². The van der Waals surface area contributed by atoms with E-state index in [-0.39, 0.29) is 0 Å². The van der Waals surface area contributed by atoms with Crippen molar-refractivity contribution in [3.05, 3.63) is 119 Å². The summed E-state index contributed by atoms with van der Waals surface area (Å²) in [6.45, 7) is 1.77. The lowest BCUT2D eigenvalue weighted by atomic mass is 9.68. The molecule has 2 nitrogen and oxygen atoms in total. The number of amides is 1. The predicted molar refractivity (Wildman–Crippen MR) is 102 cm³/mol. The van der Waals surface area contributed by atoms with Crippen LogP contribution in [0.1, 0.15) is 23.6 Å². The smallest absolute Gasteiger partial charge is 0.244 e. The summed E-state index contributed by atoms with van der Waals surface area (Å²) in [5, 5.41) is 0. The van der Waals surface area contributed by atoms with Gasteiger partial charge in [-0.25, -0.2) is 0 Å². The molecule has 0 aromatic heterocycles. The Morgan fingerprint density at radius 3 is 1.32 bits per heavy atom. The summed E-state index contributed by atoms with van der Waals surface area (Å²) in [5.74, 6) is -0.410. The highest BCUT2D eigenvalue weighted by molar-refractivity contribution is 5.92. The van der Waals surface area contributed by atoms with Gasteiger partial charge in [0.05, 0.1) is 5.41 Å². The first-order valence-corrected chi connectivity index (χ1v) is 8.30. The molecule has 0 bridgehead atoms. The van der Waals surface area contributed by atoms with Crippen molar-refractivity contribution in [2.45, 2.75) is 12.3 Å². The molecule has 25 heavy (non-hydrogen) atoms. The molecule has 124 valence electrons. The van der Waals surface area contributed by atoms with E-state index >= 15 is 0 Å². The van der Waals surface area contributed by atoms with Crippen LogP contribution in [-0.4, -0.2) is 5.91 Å². The fourth-order valence-corrected chi connectivity index (χ4v) is 3.25. The van der Waals surface area contributed by atoms with E-state index in [1.165, 1.54) is 0 Å². The quantitative estimate of drug-likeness (QED) is 0.546. The van der Waals surface area contributed by atoms with Gasteiger partial charge in [0.1, 0.15) is 0 Å². The largest absolute Gasteiger partial charge is 0.366 e. The normalized spacial score (nSPS) is 12.0. The van der Waals surface area contributed by atoms with Gasteiger partial charge in [-0.3, -0.25) is 4.79 Å². The average Bonchev–Trinajstić information content (AvgIpc) is 2.68. The van der Waals surface area contributed by atoms with Crippen LogP contribution in [0.5, 0.6) is 0 Å². The van der Waals surface area contributed by atoms with E-state index in [9.17, 15) is 4.79 Å². The lowest BCUT2D eigenvalue weighted by molar-refractivity contribution is -0.114. The number of carbonyl (C=O) groups is 1. The zero-order valence-electron chi connectivity index (χ0n) is 14.2. The molecule has 3 rings (SSSR count). The molecule has 0 aliphatic heterocycles. The highest BCUT2D eigenvalue weighted by atomic mass is 16.1. The average molecular weight is 327 g/mol. The Kier molecular flexibility index (Phi) is 4.80. The van der Waals surface area contributed by atoms with Gasteiger partial charge >= 0.3 is 0 Å². The molecule has 0 fully saturated rings. The van der Waals surface area contributed by atoms with Crippen molar-refractivity contribution >= 4 is 5.91 Å². The van der Waals surface area contributed by atoms with Crippen LogP contribution in [0.4, 0.5) is 0 Å². The molecule has 0 unspecified atom stereocenters. The molecule has 0 saturated carbocycles. The number of carbonyl (C=O) groups excluding carboxylic acids is 1. The third kappa shape index (κ3) is 3.24. The van der Waals surface area contributed by atoms with Gasteiger partial charge in [-0.15, -0.1) is 0 Å². The molecule has 3 aromatic rings. The van der Waals surface area contributed by atoms with Gasteiger partial charge in [0.25, 0.3) is 0 Å². The molecule has 2 heteroatoms. The Labute approximate surface area is 148 Å². The summed E-state index contributed by atoms with van der Waals surface area (Å²) in [6, 6.07) is 30.6. The van der Waals surface area contributed by atoms with Gasteiger partial charge in [-0.2, -0.15) is 0 Å². The zero-order valence-corrected chi connectivity index (χ0v) is 14.2. The molecule has 0 heterocycles. The van der Waals surface area contributed by atoms with Gasteiger partial charge in [-0.1, -0.05) is 97.1 Å². The molecular formula is C23H21NO. The minimum absolute atomic E-state index is 0.410. The van der Waals surface area contributed by atoms with E-state index in [1.807, 2.05) is 60.7 Å². The molecule has 0 radical (unpaired) electrons. The van der Waals surface area contributed by atoms with E-state index in [0.29, 0.717) is 5.57 Å². The van der Waals surface area contributed by atoms with Gasteiger partial charge in [-0.05, 0) is 23.6 Å². The summed E-state index contributed by atoms with van der Waals surface area (Å²) >= 11 is 0. The van der Waals surface area contributed by atoms with E-state index < -0.39 is 11.3 Å². The highest BCUT2D eigenvalue weighted by Gasteiger charge is 2.34. The molecule has 1 amide bonds. The first kappa shape index (κ1) is 16.7. The first-order chi connectivity index (χ1) is 12.1. The Balaban J connectivity index is 2.40. The molecular weight excluding hydrogens is 306 g/mol. The Hall–Kier alpha value is -3.13. The second-order valence-corrected chi connectivity index (χ2v) is 6.10. The summed E-state index contributed by atoms with van der Waals surface area (Å²) in [4.78, 5) is 11.8. The standard InChI is InChI=1S/C23H21NO/c1-18(22(24)25)17-23(19-11-5-2-6-12-19,20-13-7-3-8-14-20)21-15-9-4-10-16-21/h2-17H,1H3,(H2,24,25). The summed E-state index contributed by atoms with van der Waals surface area (Å²) in [5.41, 5.74) is 8.80. The number of benzene rings is 3. The van der Waals surface area contributed by atoms with Crippen molar-refractivity contribution < 1.29 is 4.79 Å². The minimum atomic E-state index is -0.580. The maximum atomic E-state index is 11.8. The Morgan fingerprint density at radius 1 is 0.720 bits per heavy atom. The fraction of sp³-hybridized carbons (Fsp3) is 0.0870. The molecule has 3 aromatic carbocycles. The summed E-state index contributed by atoms with van der Waals surface area (Å²) < 4.78 is 0. The molecule has 0 aliphatic rings. The minimum Gasteiger partial charge on any atom is -0.366 e. The van der Waals surface area contributed by atoms with Crippen LogP contribution in [0.15, 0.2) is 103 Å². The Bertz CT molecular complexity index is 771. The molecule has 0 saturated heterocycles. The van der Waals surface area contributed by atoms with E-state index in [0.717, 1.165) is 16.7 Å². The Morgan fingerprint density at radius 2 is 1.04 bits per heavy atom. The molecule has 2 N–H and O–H groups in total. The first-order valence-electron chi connectivity index (χ1n) is 8.30.